The Morgan fingerprint density at radius 1 is 0.490 bits per heavy atom. The highest BCUT2D eigenvalue weighted by Crippen LogP contribution is 2.48. The third-order valence-electron chi connectivity index (χ3n) is 10.1. The molecule has 0 spiro atoms. The molecule has 2 nitrogen and oxygen atoms in total. The van der Waals surface area contributed by atoms with Crippen LogP contribution in [0.5, 0.6) is 0 Å². The summed E-state index contributed by atoms with van der Waals surface area (Å²) in [6, 6.07) is 56.4. The standard InChI is InChI=1S/C47H32N2/c1-2-45-48-42-25-13-14-26-44(42)49(45)43-28-27-40(34-19-7-8-20-35(34)43)46-36-21-9-11-23-38(36)47(39-24-12-10-22-37(39)46)41-29-30-15-3-4-16-31(30)32-17-5-6-18-33(32)41/h3-29H,2H2,1H3/i1D3,2D2. The molecular formula is C47H32N2. The van der Waals surface area contributed by atoms with Crippen molar-refractivity contribution in [1.29, 1.82) is 0 Å². The van der Waals surface area contributed by atoms with E-state index in [1.165, 1.54) is 32.7 Å². The van der Waals surface area contributed by atoms with E-state index in [2.05, 4.69) is 120 Å². The van der Waals surface area contributed by atoms with Crippen LogP contribution in [0.2, 0.25) is 0 Å². The van der Waals surface area contributed by atoms with Gasteiger partial charge in [-0.05, 0) is 95.0 Å². The third kappa shape index (κ3) is 4.11. The Bertz CT molecular complexity index is 3080. The summed E-state index contributed by atoms with van der Waals surface area (Å²) >= 11 is 0. The number of hydrogen-bond donors (Lipinski definition) is 0. The number of para-hydroxylation sites is 2. The van der Waals surface area contributed by atoms with Crippen LogP contribution in [-0.4, -0.2) is 9.55 Å². The number of benzene rings is 9. The van der Waals surface area contributed by atoms with E-state index in [1.807, 2.05) is 42.5 Å². The molecular weight excluding hydrogens is 593 g/mol. The van der Waals surface area contributed by atoms with E-state index in [0.717, 1.165) is 43.4 Å². The zero-order valence-corrected chi connectivity index (χ0v) is 26.5. The second kappa shape index (κ2) is 10.9. The van der Waals surface area contributed by atoms with Crippen LogP contribution in [0.3, 0.4) is 0 Å². The largest absolute Gasteiger partial charge is 0.296 e. The van der Waals surface area contributed by atoms with Gasteiger partial charge in [-0.1, -0.05) is 146 Å². The highest BCUT2D eigenvalue weighted by atomic mass is 15.1. The maximum Gasteiger partial charge on any atom is 0.114 e. The van der Waals surface area contributed by atoms with E-state index in [0.29, 0.717) is 16.7 Å². The van der Waals surface area contributed by atoms with Crippen LogP contribution < -0.4 is 0 Å². The summed E-state index contributed by atoms with van der Waals surface area (Å²) in [5.41, 5.74) is 6.34. The van der Waals surface area contributed by atoms with Crippen LogP contribution in [0.4, 0.5) is 0 Å². The highest BCUT2D eigenvalue weighted by Gasteiger charge is 2.21. The number of fused-ring (bicyclic) bond motifs is 7. The van der Waals surface area contributed by atoms with Gasteiger partial charge in [0.05, 0.1) is 16.7 Å². The fourth-order valence-electron chi connectivity index (χ4n) is 8.02. The van der Waals surface area contributed by atoms with Crippen molar-refractivity contribution in [3.05, 3.63) is 170 Å². The molecule has 10 rings (SSSR count). The zero-order valence-electron chi connectivity index (χ0n) is 31.5. The molecule has 0 bridgehead atoms. The molecule has 2 heteroatoms. The van der Waals surface area contributed by atoms with E-state index < -0.39 is 13.2 Å². The second-order valence-corrected chi connectivity index (χ2v) is 12.6. The van der Waals surface area contributed by atoms with Gasteiger partial charge in [0.1, 0.15) is 5.82 Å². The Balaban J connectivity index is 1.30. The van der Waals surface area contributed by atoms with Crippen LogP contribution in [0.15, 0.2) is 164 Å². The number of imidazole rings is 1. The van der Waals surface area contributed by atoms with Gasteiger partial charge >= 0.3 is 0 Å². The minimum absolute atomic E-state index is 0.149. The molecule has 0 aliphatic heterocycles. The van der Waals surface area contributed by atoms with Crippen molar-refractivity contribution < 1.29 is 6.85 Å². The topological polar surface area (TPSA) is 17.8 Å². The maximum atomic E-state index is 8.81. The van der Waals surface area contributed by atoms with Gasteiger partial charge in [0.25, 0.3) is 0 Å². The van der Waals surface area contributed by atoms with Gasteiger partial charge in [0.2, 0.25) is 0 Å². The zero-order chi connectivity index (χ0) is 36.8. The average Bonchev–Trinajstić information content (AvgIpc) is 3.59. The molecule has 0 fully saturated rings. The Kier molecular flexibility index (Phi) is 5.15. The molecule has 0 saturated carbocycles. The first kappa shape index (κ1) is 23.1. The maximum absolute atomic E-state index is 8.81. The molecule has 0 radical (unpaired) electrons. The first-order valence-electron chi connectivity index (χ1n) is 19.1. The summed E-state index contributed by atoms with van der Waals surface area (Å²) in [5.74, 6) is -0.149. The van der Waals surface area contributed by atoms with Crippen LogP contribution in [0.25, 0.3) is 92.8 Å². The van der Waals surface area contributed by atoms with Gasteiger partial charge < -0.3 is 0 Å². The van der Waals surface area contributed by atoms with E-state index >= 15 is 0 Å². The quantitative estimate of drug-likeness (QED) is 0.140. The molecule has 230 valence electrons. The third-order valence-corrected chi connectivity index (χ3v) is 10.1. The van der Waals surface area contributed by atoms with E-state index in [9.17, 15) is 0 Å². The molecule has 1 heterocycles. The summed E-state index contributed by atoms with van der Waals surface area (Å²) in [7, 11) is 0. The summed E-state index contributed by atoms with van der Waals surface area (Å²) in [6.07, 6.45) is -2.71. The highest BCUT2D eigenvalue weighted by molar-refractivity contribution is 6.27. The van der Waals surface area contributed by atoms with Gasteiger partial charge in [-0.2, -0.15) is 0 Å². The molecule has 0 aliphatic rings. The first-order valence-corrected chi connectivity index (χ1v) is 16.6. The predicted molar refractivity (Wildman–Crippen MR) is 209 cm³/mol. The minimum Gasteiger partial charge on any atom is -0.296 e. The minimum atomic E-state index is -2.93. The Labute approximate surface area is 291 Å². The molecule has 1 aromatic heterocycles. The van der Waals surface area contributed by atoms with Gasteiger partial charge in [-0.15, -0.1) is 0 Å². The van der Waals surface area contributed by atoms with Crippen LogP contribution >= 0.6 is 0 Å². The van der Waals surface area contributed by atoms with Gasteiger partial charge in [0.15, 0.2) is 0 Å². The van der Waals surface area contributed by atoms with Crippen molar-refractivity contribution >= 4 is 64.9 Å². The van der Waals surface area contributed by atoms with Crippen molar-refractivity contribution in [1.82, 2.24) is 9.55 Å². The molecule has 49 heavy (non-hydrogen) atoms. The Morgan fingerprint density at radius 2 is 1.00 bits per heavy atom. The van der Waals surface area contributed by atoms with Crippen LogP contribution in [0.1, 0.15) is 19.5 Å². The summed E-state index contributed by atoms with van der Waals surface area (Å²) in [5, 5.41) is 11.2. The fraction of sp³-hybridized carbons (Fsp3) is 0.0426. The summed E-state index contributed by atoms with van der Waals surface area (Å²) < 4.78 is 43.7. The molecule has 0 N–H and O–H groups in total. The van der Waals surface area contributed by atoms with Crippen molar-refractivity contribution in [2.24, 2.45) is 0 Å². The van der Waals surface area contributed by atoms with Gasteiger partial charge in [-0.3, -0.25) is 4.57 Å². The predicted octanol–water partition coefficient (Wildman–Crippen LogP) is 12.7. The smallest absolute Gasteiger partial charge is 0.114 e. The summed E-state index contributed by atoms with van der Waals surface area (Å²) in [6.45, 7) is -2.93. The lowest BCUT2D eigenvalue weighted by atomic mass is 9.83. The number of aromatic nitrogens is 2. The average molecular weight is 630 g/mol. The molecule has 0 unspecified atom stereocenters. The van der Waals surface area contributed by atoms with Crippen molar-refractivity contribution in [2.75, 3.05) is 0 Å². The molecule has 9 aromatic carbocycles. The first-order chi connectivity index (χ1) is 26.2. The van der Waals surface area contributed by atoms with E-state index in [4.69, 9.17) is 6.85 Å². The van der Waals surface area contributed by atoms with Gasteiger partial charge in [0, 0.05) is 18.6 Å². The molecule has 0 aliphatic carbocycles. The molecule has 0 amide bonds. The lowest BCUT2D eigenvalue weighted by Crippen LogP contribution is -2.01. The monoisotopic (exact) mass is 629 g/mol. The van der Waals surface area contributed by atoms with Crippen LogP contribution in [0, 0.1) is 0 Å². The lowest BCUT2D eigenvalue weighted by Gasteiger charge is -2.21. The van der Waals surface area contributed by atoms with Gasteiger partial charge in [-0.25, -0.2) is 4.98 Å². The number of nitrogens with zero attached hydrogens (tertiary/aromatic N) is 2. The van der Waals surface area contributed by atoms with Crippen molar-refractivity contribution in [2.45, 2.75) is 13.2 Å². The lowest BCUT2D eigenvalue weighted by molar-refractivity contribution is 0.913. The molecule has 0 saturated heterocycles. The number of aryl methyl sites for hydroxylation is 1. The Hall–Kier alpha value is -6.25. The molecule has 10 aromatic rings. The summed E-state index contributed by atoms with van der Waals surface area (Å²) in [4.78, 5) is 4.60. The molecule has 0 atom stereocenters. The second-order valence-electron chi connectivity index (χ2n) is 12.6. The van der Waals surface area contributed by atoms with Crippen LogP contribution in [-0.2, 0) is 6.37 Å². The Morgan fingerprint density at radius 3 is 1.67 bits per heavy atom. The fourth-order valence-corrected chi connectivity index (χ4v) is 8.02. The van der Waals surface area contributed by atoms with E-state index in [-0.39, 0.29) is 5.82 Å². The SMILES string of the molecule is [2H]C([2H])([2H])C([2H])([2H])c1nc2ccccc2n1-c1ccc(-c2c3ccccc3c(-c3cc4ccccc4c4ccccc34)c3ccccc23)c2ccccc12. The van der Waals surface area contributed by atoms with E-state index in [1.54, 1.807) is 10.6 Å². The van der Waals surface area contributed by atoms with Crippen molar-refractivity contribution in [3.63, 3.8) is 0 Å². The van der Waals surface area contributed by atoms with Crippen molar-refractivity contribution in [3.8, 4) is 27.9 Å². The normalized spacial score (nSPS) is 13.9. The number of rotatable bonds is 4. The number of hydrogen-bond acceptors (Lipinski definition) is 1.